The number of nitro benzene ring substituents is 2. The maximum atomic E-state index is 12.7. The van der Waals surface area contributed by atoms with Gasteiger partial charge >= 0.3 is 11.9 Å². The monoisotopic (exact) mass is 529 g/mol. The third-order valence-electron chi connectivity index (χ3n) is 5.30. The number of nitrogens with two attached hydrogens (primary N) is 2. The fraction of sp³-hybridized carbons (Fsp3) is 0.526. The first-order chi connectivity index (χ1) is 15.6. The Balaban J connectivity index is 1.95. The normalized spacial score (nSPS) is 17.3. The molecule has 0 bridgehead atoms. The maximum absolute atomic E-state index is 12.7. The highest BCUT2D eigenvalue weighted by molar-refractivity contribution is 9.09. The van der Waals surface area contributed by atoms with Crippen molar-refractivity contribution in [2.45, 2.75) is 50.2 Å². The molecule has 2 rings (SSSR count). The average Bonchev–Trinajstić information content (AvgIpc) is 3.27. The molecule has 0 saturated carbocycles. The number of nitro groups is 2. The van der Waals surface area contributed by atoms with Crippen LogP contribution < -0.4 is 11.5 Å². The van der Waals surface area contributed by atoms with Gasteiger partial charge in [-0.2, -0.15) is 0 Å². The van der Waals surface area contributed by atoms with Crippen LogP contribution in [0.25, 0.3) is 0 Å². The van der Waals surface area contributed by atoms with Crippen LogP contribution in [-0.2, 0) is 19.1 Å². The van der Waals surface area contributed by atoms with Crippen LogP contribution in [0.15, 0.2) is 18.2 Å². The van der Waals surface area contributed by atoms with Crippen molar-refractivity contribution < 1.29 is 29.0 Å². The van der Waals surface area contributed by atoms with Gasteiger partial charge in [0.1, 0.15) is 11.4 Å². The second-order valence-electron chi connectivity index (χ2n) is 7.52. The Bertz CT molecular complexity index is 943. The zero-order valence-corrected chi connectivity index (χ0v) is 19.1. The molecule has 0 radical (unpaired) electrons. The molecule has 13 nitrogen and oxygen atoms in total. The maximum Gasteiger partial charge on any atom is 0.336 e. The molecule has 1 aliphatic heterocycles. The highest BCUT2D eigenvalue weighted by Gasteiger charge is 2.37. The van der Waals surface area contributed by atoms with E-state index in [1.165, 1.54) is 11.0 Å². The number of ether oxygens (including phenoxy) is 1. The van der Waals surface area contributed by atoms with Gasteiger partial charge in [-0.25, -0.2) is 4.79 Å². The molecule has 14 heteroatoms. The summed E-state index contributed by atoms with van der Waals surface area (Å²) in [5.41, 5.74) is 11.3. The first-order valence-electron chi connectivity index (χ1n) is 10.1. The number of rotatable bonds is 10. The Morgan fingerprint density at radius 1 is 1.18 bits per heavy atom. The second kappa shape index (κ2) is 11.8. The predicted octanol–water partition coefficient (Wildman–Crippen LogP) is 1.46. The molecule has 0 aromatic heterocycles. The summed E-state index contributed by atoms with van der Waals surface area (Å²) in [7, 11) is 0. The number of non-ortho nitro benzene ring substituents is 1. The average molecular weight is 530 g/mol. The van der Waals surface area contributed by atoms with Gasteiger partial charge in [0.2, 0.25) is 5.91 Å². The van der Waals surface area contributed by atoms with Crippen LogP contribution in [0.1, 0.15) is 43.7 Å². The van der Waals surface area contributed by atoms with E-state index in [0.29, 0.717) is 25.8 Å². The van der Waals surface area contributed by atoms with Crippen molar-refractivity contribution in [1.82, 2.24) is 4.90 Å². The molecule has 4 N–H and O–H groups in total. The highest BCUT2D eigenvalue weighted by atomic mass is 79.9. The number of esters is 2. The van der Waals surface area contributed by atoms with Gasteiger partial charge in [-0.3, -0.25) is 29.8 Å². The number of halogens is 1. The minimum Gasteiger partial charge on any atom is -0.391 e. The highest BCUT2D eigenvalue weighted by Crippen LogP contribution is 2.30. The fourth-order valence-corrected chi connectivity index (χ4v) is 3.76. The molecule has 1 aromatic carbocycles. The zero-order valence-electron chi connectivity index (χ0n) is 17.6. The number of alkyl halides is 1. The smallest absolute Gasteiger partial charge is 0.336 e. The van der Waals surface area contributed by atoms with E-state index in [0.717, 1.165) is 12.1 Å². The number of hydrogen-bond donors (Lipinski definition) is 2. The molecule has 1 heterocycles. The molecule has 33 heavy (non-hydrogen) atoms. The lowest BCUT2D eigenvalue weighted by Crippen LogP contribution is -2.49. The van der Waals surface area contributed by atoms with Gasteiger partial charge in [0.15, 0.2) is 0 Å². The molecule has 1 aromatic rings. The molecule has 0 spiro atoms. The van der Waals surface area contributed by atoms with Crippen molar-refractivity contribution >= 4 is 45.2 Å². The summed E-state index contributed by atoms with van der Waals surface area (Å²) >= 11 is 2.89. The molecule has 1 fully saturated rings. The minimum absolute atomic E-state index is 0.143. The molecule has 0 aliphatic carbocycles. The summed E-state index contributed by atoms with van der Waals surface area (Å²) < 4.78 is 4.69. The van der Waals surface area contributed by atoms with E-state index in [-0.39, 0.29) is 23.7 Å². The van der Waals surface area contributed by atoms with E-state index in [2.05, 4.69) is 20.7 Å². The Kier molecular flexibility index (Phi) is 9.37. The van der Waals surface area contributed by atoms with Crippen LogP contribution in [0, 0.1) is 20.2 Å². The fourth-order valence-electron chi connectivity index (χ4n) is 3.65. The number of amides is 1. The number of benzene rings is 1. The molecule has 180 valence electrons. The molecule has 1 unspecified atom stereocenters. The minimum atomic E-state index is -0.940. The summed E-state index contributed by atoms with van der Waals surface area (Å²) in [4.78, 5) is 58.2. The standard InChI is InChI=1S/C19H24BrN5O8/c20-10-17(26)33-19(28)15-5-2-8-23(15)18(27)14(22)4-1-3-13(21)12-7-6-11(24(29)30)9-16(12)25(31)32/h6-7,9,13-15H,1-5,8,10,21-22H2/t13?,14-,15-/m1/s1. The lowest BCUT2D eigenvalue weighted by Gasteiger charge is -2.26. The van der Waals surface area contributed by atoms with Gasteiger partial charge in [0.25, 0.3) is 11.4 Å². The molecular formula is C19H24BrN5O8. The van der Waals surface area contributed by atoms with Crippen molar-refractivity contribution in [2.75, 3.05) is 11.9 Å². The molecular weight excluding hydrogens is 506 g/mol. The Hall–Kier alpha value is -2.97. The summed E-state index contributed by atoms with van der Waals surface area (Å²) in [6.45, 7) is 0.309. The van der Waals surface area contributed by atoms with E-state index in [1.807, 2.05) is 0 Å². The van der Waals surface area contributed by atoms with Crippen LogP contribution in [0.2, 0.25) is 0 Å². The van der Waals surface area contributed by atoms with Crippen LogP contribution in [0.4, 0.5) is 11.4 Å². The summed E-state index contributed by atoms with van der Waals surface area (Å²) in [5, 5.41) is 22.0. The molecule has 1 amide bonds. The summed E-state index contributed by atoms with van der Waals surface area (Å²) in [6, 6.07) is 0.641. The Morgan fingerprint density at radius 2 is 1.88 bits per heavy atom. The van der Waals surface area contributed by atoms with Crippen molar-refractivity contribution in [2.24, 2.45) is 11.5 Å². The SMILES string of the molecule is NC(CCC[C@@H](N)C(=O)N1CCC[C@@H]1C(=O)OC(=O)CBr)c1ccc([N+](=O)[O-])cc1[N+](=O)[O-]. The lowest BCUT2D eigenvalue weighted by atomic mass is 9.98. The van der Waals surface area contributed by atoms with Crippen molar-refractivity contribution in [3.05, 3.63) is 44.0 Å². The van der Waals surface area contributed by atoms with E-state index >= 15 is 0 Å². The lowest BCUT2D eigenvalue weighted by molar-refractivity contribution is -0.394. The van der Waals surface area contributed by atoms with Gasteiger partial charge in [0.05, 0.1) is 22.0 Å². The van der Waals surface area contributed by atoms with Gasteiger partial charge in [-0.05, 0) is 38.2 Å². The number of carbonyl (C=O) groups is 3. The van der Waals surface area contributed by atoms with Crippen LogP contribution in [-0.4, -0.2) is 56.6 Å². The topological polar surface area (TPSA) is 202 Å². The Labute approximate surface area is 196 Å². The van der Waals surface area contributed by atoms with Crippen LogP contribution >= 0.6 is 15.9 Å². The molecule has 1 aliphatic rings. The van der Waals surface area contributed by atoms with E-state index in [1.54, 1.807) is 0 Å². The van der Waals surface area contributed by atoms with E-state index in [4.69, 9.17) is 11.5 Å². The molecule has 3 atom stereocenters. The number of carbonyl (C=O) groups excluding carboxylic acids is 3. The quantitative estimate of drug-likeness (QED) is 0.147. The number of nitrogens with zero attached hydrogens (tertiary/aromatic N) is 3. The first kappa shape index (κ1) is 26.3. The molecule has 1 saturated heterocycles. The van der Waals surface area contributed by atoms with Crippen molar-refractivity contribution in [1.29, 1.82) is 0 Å². The third-order valence-corrected chi connectivity index (χ3v) is 5.76. The number of likely N-dealkylation sites (tertiary alicyclic amines) is 1. The first-order valence-corrected chi connectivity index (χ1v) is 11.2. The predicted molar refractivity (Wildman–Crippen MR) is 118 cm³/mol. The van der Waals surface area contributed by atoms with Crippen molar-refractivity contribution in [3.8, 4) is 0 Å². The Morgan fingerprint density at radius 3 is 2.48 bits per heavy atom. The van der Waals surface area contributed by atoms with Gasteiger partial charge in [-0.1, -0.05) is 15.9 Å². The summed E-state index contributed by atoms with van der Waals surface area (Å²) in [5.74, 6) is -2.02. The second-order valence-corrected chi connectivity index (χ2v) is 8.08. The van der Waals surface area contributed by atoms with E-state index < -0.39 is 57.2 Å². The van der Waals surface area contributed by atoms with Crippen LogP contribution in [0.5, 0.6) is 0 Å². The number of hydrogen-bond acceptors (Lipinski definition) is 10. The van der Waals surface area contributed by atoms with Crippen LogP contribution in [0.3, 0.4) is 0 Å². The van der Waals surface area contributed by atoms with E-state index in [9.17, 15) is 34.6 Å². The van der Waals surface area contributed by atoms with Gasteiger partial charge < -0.3 is 21.1 Å². The largest absolute Gasteiger partial charge is 0.391 e. The zero-order chi connectivity index (χ0) is 24.7. The third kappa shape index (κ3) is 6.76. The van der Waals surface area contributed by atoms with Gasteiger partial charge in [0, 0.05) is 24.2 Å². The summed E-state index contributed by atoms with van der Waals surface area (Å²) in [6.07, 6.45) is 1.71. The van der Waals surface area contributed by atoms with Gasteiger partial charge in [-0.15, -0.1) is 0 Å². The van der Waals surface area contributed by atoms with Crippen molar-refractivity contribution in [3.63, 3.8) is 0 Å².